The number of rotatable bonds is 5. The van der Waals surface area contributed by atoms with Crippen LogP contribution in [0.25, 0.3) is 11.0 Å². The van der Waals surface area contributed by atoms with Crippen molar-refractivity contribution < 1.29 is 27.1 Å². The van der Waals surface area contributed by atoms with Gasteiger partial charge in [-0.15, -0.1) is 0 Å². The van der Waals surface area contributed by atoms with Gasteiger partial charge in [0.1, 0.15) is 22.7 Å². The number of esters is 1. The molecular weight excluding hydrogens is 454 g/mol. The molecule has 0 fully saturated rings. The minimum atomic E-state index is -4.14. The lowest BCUT2D eigenvalue weighted by atomic mass is 9.90. The second kappa shape index (κ2) is 8.92. The minimum Gasteiger partial charge on any atom is -0.497 e. The number of furan rings is 1. The van der Waals surface area contributed by atoms with Crippen LogP contribution in [0.1, 0.15) is 39.4 Å². The first-order valence-electron chi connectivity index (χ1n) is 11.1. The predicted molar refractivity (Wildman–Crippen MR) is 129 cm³/mol. The van der Waals surface area contributed by atoms with Gasteiger partial charge in [0.15, 0.2) is 5.54 Å². The molecule has 2 heterocycles. The van der Waals surface area contributed by atoms with Gasteiger partial charge in [0.25, 0.3) is 0 Å². The Labute approximate surface area is 200 Å². The number of ether oxygens (including phenoxy) is 2. The lowest BCUT2D eigenvalue weighted by Gasteiger charge is -2.39. The average molecular weight is 484 g/mol. The van der Waals surface area contributed by atoms with Crippen molar-refractivity contribution >= 4 is 27.0 Å². The van der Waals surface area contributed by atoms with Gasteiger partial charge in [-0.05, 0) is 70.0 Å². The van der Waals surface area contributed by atoms with Gasteiger partial charge in [0.05, 0.1) is 12.0 Å². The SMILES string of the molecule is COc1ccc(S(=O)(=O)N2CC=CCCC2(C(=O)OC(C)(C)C)c2cc3ccccc3o2)cc1. The standard InChI is InChI=1S/C26H29NO6S/c1-25(2,3)33-24(28)26(23-18-19-10-6-7-11-22(19)32-23)16-8-5-9-17-27(26)34(29,30)21-14-12-20(31-4)13-15-21/h5-7,9-15,18H,8,16-17H2,1-4H3. The summed E-state index contributed by atoms with van der Waals surface area (Å²) in [7, 11) is -2.63. The number of benzene rings is 2. The third-order valence-electron chi connectivity index (χ3n) is 5.75. The Morgan fingerprint density at radius 3 is 2.41 bits per heavy atom. The van der Waals surface area contributed by atoms with Gasteiger partial charge in [-0.25, -0.2) is 13.2 Å². The summed E-state index contributed by atoms with van der Waals surface area (Å²) >= 11 is 0. The number of hydrogen-bond acceptors (Lipinski definition) is 6. The Hall–Kier alpha value is -3.10. The minimum absolute atomic E-state index is 0.00928. The van der Waals surface area contributed by atoms with E-state index in [2.05, 4.69) is 0 Å². The second-order valence-corrected chi connectivity index (χ2v) is 11.1. The van der Waals surface area contributed by atoms with Gasteiger partial charge in [0.2, 0.25) is 10.0 Å². The summed E-state index contributed by atoms with van der Waals surface area (Å²) in [6.45, 7) is 5.27. The van der Waals surface area contributed by atoms with Crippen molar-refractivity contribution in [3.63, 3.8) is 0 Å². The number of nitrogens with zero attached hydrogens (tertiary/aromatic N) is 1. The summed E-state index contributed by atoms with van der Waals surface area (Å²) in [5.41, 5.74) is -1.95. The first-order valence-corrected chi connectivity index (χ1v) is 12.6. The molecule has 1 aromatic heterocycles. The Morgan fingerprint density at radius 2 is 1.76 bits per heavy atom. The number of carbonyl (C=O) groups excluding carboxylic acids is 1. The summed E-state index contributed by atoms with van der Waals surface area (Å²) in [5, 5.41) is 0.777. The van der Waals surface area contributed by atoms with Crippen molar-refractivity contribution in [2.24, 2.45) is 0 Å². The summed E-state index contributed by atoms with van der Waals surface area (Å²) in [6, 6.07) is 15.2. The van der Waals surface area contributed by atoms with Crippen molar-refractivity contribution in [3.8, 4) is 5.75 Å². The summed E-state index contributed by atoms with van der Waals surface area (Å²) in [5.74, 6) is 0.106. The Balaban J connectivity index is 1.94. The molecule has 0 N–H and O–H groups in total. The normalized spacial score (nSPS) is 19.6. The van der Waals surface area contributed by atoms with E-state index in [0.29, 0.717) is 17.8 Å². The molecule has 0 aliphatic carbocycles. The molecule has 3 aromatic rings. The molecule has 0 bridgehead atoms. The van der Waals surface area contributed by atoms with Crippen molar-refractivity contribution in [2.75, 3.05) is 13.7 Å². The van der Waals surface area contributed by atoms with Crippen LogP contribution in [-0.4, -0.2) is 37.9 Å². The van der Waals surface area contributed by atoms with Crippen LogP contribution in [0.15, 0.2) is 76.1 Å². The van der Waals surface area contributed by atoms with E-state index in [9.17, 15) is 13.2 Å². The average Bonchev–Trinajstić information content (AvgIpc) is 3.09. The molecule has 2 aromatic carbocycles. The highest BCUT2D eigenvalue weighted by molar-refractivity contribution is 7.89. The smallest absolute Gasteiger partial charge is 0.336 e. The molecule has 0 spiro atoms. The lowest BCUT2D eigenvalue weighted by molar-refractivity contribution is -0.169. The molecule has 1 unspecified atom stereocenters. The molecule has 7 nitrogen and oxygen atoms in total. The highest BCUT2D eigenvalue weighted by atomic mass is 32.2. The molecule has 1 atom stereocenters. The van der Waals surface area contributed by atoms with Crippen molar-refractivity contribution in [3.05, 3.63) is 72.5 Å². The zero-order valence-corrected chi connectivity index (χ0v) is 20.6. The fraction of sp³-hybridized carbons (Fsp3) is 0.346. The van der Waals surface area contributed by atoms with E-state index in [4.69, 9.17) is 13.9 Å². The molecule has 180 valence electrons. The van der Waals surface area contributed by atoms with Crippen molar-refractivity contribution in [1.82, 2.24) is 4.31 Å². The number of sulfonamides is 1. The van der Waals surface area contributed by atoms with E-state index < -0.39 is 27.1 Å². The predicted octanol–water partition coefficient (Wildman–Crippen LogP) is 5.02. The van der Waals surface area contributed by atoms with Crippen LogP contribution in [-0.2, 0) is 25.1 Å². The largest absolute Gasteiger partial charge is 0.497 e. The van der Waals surface area contributed by atoms with Crippen LogP contribution in [0.5, 0.6) is 5.75 Å². The van der Waals surface area contributed by atoms with Gasteiger partial charge in [-0.1, -0.05) is 30.4 Å². The Morgan fingerprint density at radius 1 is 1.06 bits per heavy atom. The van der Waals surface area contributed by atoms with Gasteiger partial charge < -0.3 is 13.9 Å². The molecule has 34 heavy (non-hydrogen) atoms. The highest BCUT2D eigenvalue weighted by Gasteiger charge is 2.55. The third kappa shape index (κ3) is 4.35. The van der Waals surface area contributed by atoms with Crippen LogP contribution in [0.4, 0.5) is 0 Å². The number of allylic oxidation sites excluding steroid dienone is 1. The van der Waals surface area contributed by atoms with Gasteiger partial charge >= 0.3 is 5.97 Å². The summed E-state index contributed by atoms with van der Waals surface area (Å²) in [6.07, 6.45) is 4.29. The monoisotopic (exact) mass is 483 g/mol. The molecule has 1 aliphatic rings. The van der Waals surface area contributed by atoms with Crippen LogP contribution >= 0.6 is 0 Å². The van der Waals surface area contributed by atoms with E-state index in [1.807, 2.05) is 24.3 Å². The molecule has 8 heteroatoms. The van der Waals surface area contributed by atoms with Crippen molar-refractivity contribution in [2.45, 2.75) is 49.6 Å². The second-order valence-electron chi connectivity index (χ2n) is 9.23. The van der Waals surface area contributed by atoms with E-state index in [0.717, 1.165) is 5.39 Å². The maximum Gasteiger partial charge on any atom is 0.336 e. The summed E-state index contributed by atoms with van der Waals surface area (Å²) in [4.78, 5) is 14.0. The number of para-hydroxylation sites is 1. The highest BCUT2D eigenvalue weighted by Crippen LogP contribution is 2.43. The first-order chi connectivity index (χ1) is 16.1. The fourth-order valence-corrected chi connectivity index (χ4v) is 5.82. The molecule has 0 saturated carbocycles. The third-order valence-corrected chi connectivity index (χ3v) is 7.66. The van der Waals surface area contributed by atoms with E-state index in [-0.39, 0.29) is 23.6 Å². The summed E-state index contributed by atoms with van der Waals surface area (Å²) < 4.78 is 46.4. The van der Waals surface area contributed by atoms with Crippen LogP contribution in [0.3, 0.4) is 0 Å². The maximum absolute atomic E-state index is 14.0. The maximum atomic E-state index is 14.0. The quantitative estimate of drug-likeness (QED) is 0.374. The van der Waals surface area contributed by atoms with E-state index in [1.165, 1.54) is 23.5 Å². The zero-order valence-electron chi connectivity index (χ0n) is 19.8. The number of methoxy groups -OCH3 is 1. The van der Waals surface area contributed by atoms with Gasteiger partial charge in [-0.3, -0.25) is 0 Å². The molecule has 0 amide bonds. The van der Waals surface area contributed by atoms with Gasteiger partial charge in [-0.2, -0.15) is 4.31 Å². The van der Waals surface area contributed by atoms with Crippen LogP contribution in [0, 0.1) is 0 Å². The molecular formula is C26H29NO6S. The van der Waals surface area contributed by atoms with Crippen LogP contribution in [0.2, 0.25) is 0 Å². The zero-order chi connectivity index (χ0) is 24.6. The Bertz CT molecular complexity index is 1280. The Kier molecular flexibility index (Phi) is 6.31. The number of fused-ring (bicyclic) bond motifs is 1. The van der Waals surface area contributed by atoms with E-state index in [1.54, 1.807) is 51.1 Å². The van der Waals surface area contributed by atoms with Gasteiger partial charge in [0, 0.05) is 11.9 Å². The van der Waals surface area contributed by atoms with Crippen molar-refractivity contribution in [1.29, 1.82) is 0 Å². The lowest BCUT2D eigenvalue weighted by Crippen LogP contribution is -2.55. The number of hydrogen-bond donors (Lipinski definition) is 0. The topological polar surface area (TPSA) is 86.1 Å². The first kappa shape index (κ1) is 24.0. The van der Waals surface area contributed by atoms with Crippen LogP contribution < -0.4 is 4.74 Å². The van der Waals surface area contributed by atoms with E-state index >= 15 is 0 Å². The molecule has 0 radical (unpaired) electrons. The number of carbonyl (C=O) groups is 1. The molecule has 0 saturated heterocycles. The molecule has 4 rings (SSSR count). The molecule has 1 aliphatic heterocycles. The fourth-order valence-electron chi connectivity index (χ4n) is 4.14.